The number of aliphatic hydroxyl groups is 2. The van der Waals surface area contributed by atoms with Crippen molar-refractivity contribution >= 4 is 23.1 Å². The third kappa shape index (κ3) is 5.27. The number of nitrogens with one attached hydrogen (secondary N) is 2. The van der Waals surface area contributed by atoms with E-state index in [1.807, 2.05) is 38.1 Å². The second-order valence-corrected chi connectivity index (χ2v) is 8.31. The molecule has 1 unspecified atom stereocenters. The molecular formula is C23H30N6O5. The van der Waals surface area contributed by atoms with Crippen molar-refractivity contribution in [1.29, 1.82) is 0 Å². The highest BCUT2D eigenvalue weighted by Crippen LogP contribution is 2.32. The van der Waals surface area contributed by atoms with Crippen molar-refractivity contribution in [3.8, 4) is 0 Å². The molecule has 0 spiro atoms. The van der Waals surface area contributed by atoms with E-state index >= 15 is 0 Å². The first-order valence-electron chi connectivity index (χ1n) is 11.4. The monoisotopic (exact) mass is 470 g/mol. The van der Waals surface area contributed by atoms with Crippen LogP contribution in [0.5, 0.6) is 0 Å². The number of carbonyl (C=O) groups is 1. The Hall–Kier alpha value is -3.28. The topological polar surface area (TPSA) is 144 Å². The minimum atomic E-state index is -1.26. The van der Waals surface area contributed by atoms with Crippen molar-refractivity contribution < 1.29 is 24.5 Å². The smallest absolute Gasteiger partial charge is 0.407 e. The van der Waals surface area contributed by atoms with Crippen LogP contribution in [0.4, 0.5) is 10.6 Å². The Kier molecular flexibility index (Phi) is 7.56. The van der Waals surface area contributed by atoms with Gasteiger partial charge in [-0.3, -0.25) is 4.57 Å². The Morgan fingerprint density at radius 2 is 1.97 bits per heavy atom. The van der Waals surface area contributed by atoms with Gasteiger partial charge >= 0.3 is 6.09 Å². The standard InChI is InChI=1S/C23H30N6O5/c1-3-4-9-24-23(32)33-11-16-18(30)19(31)22(34-16)29-13-28-17-20(26-12-27-21(17)29)25-10-15-7-5-14(2)6-8-15/h5-8,12-13,16,18-19,22,30-31H,3-4,9-11H2,1-2H3,(H,24,32)(H,25,26,27)/t16-,18?,19+,22-/m1/s1. The van der Waals surface area contributed by atoms with Crippen molar-refractivity contribution in [3.05, 3.63) is 48.0 Å². The number of unbranched alkanes of at least 4 members (excludes halogenated alkanes) is 1. The zero-order chi connectivity index (χ0) is 24.1. The lowest BCUT2D eigenvalue weighted by Gasteiger charge is -2.16. The number of amides is 1. The number of imidazole rings is 1. The lowest BCUT2D eigenvalue weighted by Crippen LogP contribution is -2.36. The minimum Gasteiger partial charge on any atom is -0.447 e. The van der Waals surface area contributed by atoms with Crippen LogP contribution in [0.3, 0.4) is 0 Å². The number of anilines is 1. The number of carbonyl (C=O) groups excluding carboxylic acids is 1. The summed E-state index contributed by atoms with van der Waals surface area (Å²) >= 11 is 0. The van der Waals surface area contributed by atoms with Crippen LogP contribution in [0, 0.1) is 6.92 Å². The fraction of sp³-hybridized carbons (Fsp3) is 0.478. The molecule has 0 radical (unpaired) electrons. The second-order valence-electron chi connectivity index (χ2n) is 8.31. The van der Waals surface area contributed by atoms with Crippen molar-refractivity contribution in [3.63, 3.8) is 0 Å². The van der Waals surface area contributed by atoms with Crippen molar-refractivity contribution in [2.75, 3.05) is 18.5 Å². The predicted octanol–water partition coefficient (Wildman–Crippen LogP) is 1.89. The van der Waals surface area contributed by atoms with Crippen LogP contribution < -0.4 is 10.6 Å². The van der Waals surface area contributed by atoms with Crippen molar-refractivity contribution in [2.45, 2.75) is 57.8 Å². The van der Waals surface area contributed by atoms with E-state index in [-0.39, 0.29) is 6.61 Å². The van der Waals surface area contributed by atoms with Crippen LogP contribution in [0.25, 0.3) is 11.2 Å². The Balaban J connectivity index is 1.43. The number of aryl methyl sites for hydroxylation is 1. The van der Waals surface area contributed by atoms with E-state index in [1.165, 1.54) is 18.2 Å². The highest BCUT2D eigenvalue weighted by molar-refractivity contribution is 5.82. The molecule has 1 aliphatic heterocycles. The summed E-state index contributed by atoms with van der Waals surface area (Å²) in [5.74, 6) is 0.543. The zero-order valence-electron chi connectivity index (χ0n) is 19.2. The average molecular weight is 471 g/mol. The van der Waals surface area contributed by atoms with E-state index in [4.69, 9.17) is 9.47 Å². The minimum absolute atomic E-state index is 0.197. The number of alkyl carbamates (subject to hydrolysis) is 1. The Morgan fingerprint density at radius 3 is 2.74 bits per heavy atom. The maximum absolute atomic E-state index is 11.8. The molecule has 1 fully saturated rings. The van der Waals surface area contributed by atoms with Crippen molar-refractivity contribution in [2.24, 2.45) is 0 Å². The number of benzene rings is 1. The second kappa shape index (κ2) is 10.8. The summed E-state index contributed by atoms with van der Waals surface area (Å²) in [6.07, 6.45) is -0.256. The van der Waals surface area contributed by atoms with E-state index in [0.29, 0.717) is 30.1 Å². The molecule has 1 aliphatic rings. The highest BCUT2D eigenvalue weighted by atomic mass is 16.6. The van der Waals surface area contributed by atoms with Crippen LogP contribution in [0.2, 0.25) is 0 Å². The summed E-state index contributed by atoms with van der Waals surface area (Å²) in [4.78, 5) is 24.8. The first-order chi connectivity index (χ1) is 16.5. The summed E-state index contributed by atoms with van der Waals surface area (Å²) in [6.45, 7) is 4.92. The van der Waals surface area contributed by atoms with Gasteiger partial charge < -0.3 is 30.3 Å². The van der Waals surface area contributed by atoms with Gasteiger partial charge in [0.15, 0.2) is 23.2 Å². The van der Waals surface area contributed by atoms with Gasteiger partial charge in [-0.15, -0.1) is 0 Å². The summed E-state index contributed by atoms with van der Waals surface area (Å²) < 4.78 is 12.5. The molecule has 34 heavy (non-hydrogen) atoms. The number of aliphatic hydroxyl groups excluding tert-OH is 2. The molecule has 4 N–H and O–H groups in total. The first kappa shape index (κ1) is 23.9. The normalized spacial score (nSPS) is 22.1. The van der Waals surface area contributed by atoms with Gasteiger partial charge in [0.25, 0.3) is 0 Å². The van der Waals surface area contributed by atoms with Gasteiger partial charge in [-0.25, -0.2) is 19.7 Å². The molecule has 0 saturated carbocycles. The van der Waals surface area contributed by atoms with E-state index in [0.717, 1.165) is 18.4 Å². The van der Waals surface area contributed by atoms with Crippen LogP contribution in [-0.4, -0.2) is 67.3 Å². The van der Waals surface area contributed by atoms with Crippen LogP contribution in [0.1, 0.15) is 37.1 Å². The predicted molar refractivity (Wildman–Crippen MR) is 124 cm³/mol. The SMILES string of the molecule is CCCCNC(=O)OC[C@H]1O[C@@H](n2cnc3c(NCc4ccc(C)cc4)ncnc32)[C@@H](O)C1O. The largest absolute Gasteiger partial charge is 0.447 e. The summed E-state index contributed by atoms with van der Waals surface area (Å²) in [6, 6.07) is 8.16. The number of hydrogen-bond acceptors (Lipinski definition) is 9. The molecule has 11 nitrogen and oxygen atoms in total. The number of aromatic nitrogens is 4. The summed E-state index contributed by atoms with van der Waals surface area (Å²) in [7, 11) is 0. The fourth-order valence-corrected chi connectivity index (χ4v) is 3.73. The summed E-state index contributed by atoms with van der Waals surface area (Å²) in [5.41, 5.74) is 3.23. The lowest BCUT2D eigenvalue weighted by molar-refractivity contribution is -0.0533. The van der Waals surface area contributed by atoms with Crippen LogP contribution in [-0.2, 0) is 16.0 Å². The Labute approximate surface area is 197 Å². The van der Waals surface area contributed by atoms with Crippen molar-refractivity contribution in [1.82, 2.24) is 24.8 Å². The molecule has 1 aromatic carbocycles. The molecule has 3 aromatic rings. The molecule has 1 saturated heterocycles. The van der Waals surface area contributed by atoms with Gasteiger partial charge in [-0.1, -0.05) is 43.2 Å². The molecule has 0 aliphatic carbocycles. The van der Waals surface area contributed by atoms with Gasteiger partial charge in [0, 0.05) is 13.1 Å². The maximum Gasteiger partial charge on any atom is 0.407 e. The molecule has 0 bridgehead atoms. The van der Waals surface area contributed by atoms with Gasteiger partial charge in [-0.05, 0) is 18.9 Å². The first-order valence-corrected chi connectivity index (χ1v) is 11.4. The summed E-state index contributed by atoms with van der Waals surface area (Å²) in [5, 5.41) is 26.9. The average Bonchev–Trinajstić information content (AvgIpc) is 3.39. The number of rotatable bonds is 9. The number of hydrogen-bond donors (Lipinski definition) is 4. The Bertz CT molecular complexity index is 1100. The van der Waals surface area contributed by atoms with E-state index in [9.17, 15) is 15.0 Å². The highest BCUT2D eigenvalue weighted by Gasteiger charge is 2.45. The lowest BCUT2D eigenvalue weighted by atomic mass is 10.1. The molecule has 1 amide bonds. The van der Waals surface area contributed by atoms with E-state index in [2.05, 4.69) is 25.6 Å². The molecule has 11 heteroatoms. The molecule has 3 heterocycles. The maximum atomic E-state index is 11.8. The third-order valence-corrected chi connectivity index (χ3v) is 5.73. The molecule has 4 rings (SSSR count). The van der Waals surface area contributed by atoms with E-state index < -0.39 is 30.6 Å². The molecule has 182 valence electrons. The molecule has 4 atom stereocenters. The van der Waals surface area contributed by atoms with Crippen LogP contribution >= 0.6 is 0 Å². The molecule has 2 aromatic heterocycles. The van der Waals surface area contributed by atoms with E-state index in [1.54, 1.807) is 4.57 Å². The van der Waals surface area contributed by atoms with Gasteiger partial charge in [0.2, 0.25) is 0 Å². The van der Waals surface area contributed by atoms with Gasteiger partial charge in [-0.2, -0.15) is 0 Å². The number of nitrogens with zero attached hydrogens (tertiary/aromatic N) is 4. The fourth-order valence-electron chi connectivity index (χ4n) is 3.73. The van der Waals surface area contributed by atoms with Crippen LogP contribution in [0.15, 0.2) is 36.9 Å². The van der Waals surface area contributed by atoms with Gasteiger partial charge in [0.1, 0.15) is 31.2 Å². The number of ether oxygens (including phenoxy) is 2. The Morgan fingerprint density at radius 1 is 1.18 bits per heavy atom. The number of fused-ring (bicyclic) bond motifs is 1. The molecular weight excluding hydrogens is 440 g/mol. The zero-order valence-corrected chi connectivity index (χ0v) is 19.2. The third-order valence-electron chi connectivity index (χ3n) is 5.73. The quantitative estimate of drug-likeness (QED) is 0.345. The van der Waals surface area contributed by atoms with Gasteiger partial charge in [0.05, 0.1) is 6.33 Å².